The van der Waals surface area contributed by atoms with Crippen LogP contribution in [0.4, 0.5) is 10.7 Å². The molecule has 0 radical (unpaired) electrons. The number of fused-ring (bicyclic) bond motifs is 2. The molecule has 5 nitrogen and oxygen atoms in total. The molecule has 2 aromatic heterocycles. The fraction of sp³-hybridized carbons (Fsp3) is 0.0833. The van der Waals surface area contributed by atoms with Crippen LogP contribution in [0, 0.1) is 0 Å². The molecule has 1 unspecified atom stereocenters. The van der Waals surface area contributed by atoms with Crippen molar-refractivity contribution < 1.29 is 9.59 Å². The molecule has 2 aromatic carbocycles. The first kappa shape index (κ1) is 20.8. The normalized spacial score (nSPS) is 14.6. The molecule has 1 aliphatic rings. The second-order valence-corrected chi connectivity index (χ2v) is 9.19. The van der Waals surface area contributed by atoms with Crippen molar-refractivity contribution in [2.75, 3.05) is 10.6 Å². The molecule has 0 saturated heterocycles. The quantitative estimate of drug-likeness (QED) is 0.326. The first-order chi connectivity index (χ1) is 15.5. The predicted molar refractivity (Wildman–Crippen MR) is 129 cm³/mol. The number of carbonyl (C=O) groups is 2. The van der Waals surface area contributed by atoms with Gasteiger partial charge in [-0.25, -0.2) is 0 Å². The molecule has 32 heavy (non-hydrogen) atoms. The lowest BCUT2D eigenvalue weighted by Crippen LogP contribution is -2.22. The van der Waals surface area contributed by atoms with Gasteiger partial charge in [0.1, 0.15) is 6.04 Å². The van der Waals surface area contributed by atoms with Gasteiger partial charge in [0.15, 0.2) is 5.78 Å². The summed E-state index contributed by atoms with van der Waals surface area (Å²) in [5.74, 6) is -0.410. The SMILES string of the molecule is O=C(Nc1ccc(C(=O)C2Nc3sccc3Cn3cccc32)cc1)c1cc(Cl)ccc1Cl. The summed E-state index contributed by atoms with van der Waals surface area (Å²) in [6, 6.07) is 17.1. The van der Waals surface area contributed by atoms with E-state index in [4.69, 9.17) is 23.2 Å². The van der Waals surface area contributed by atoms with Crippen molar-refractivity contribution in [2.24, 2.45) is 0 Å². The van der Waals surface area contributed by atoms with Gasteiger partial charge in [0.25, 0.3) is 5.91 Å². The van der Waals surface area contributed by atoms with E-state index in [1.165, 1.54) is 11.6 Å². The Morgan fingerprint density at radius 2 is 1.88 bits per heavy atom. The van der Waals surface area contributed by atoms with Gasteiger partial charge in [0, 0.05) is 33.7 Å². The number of rotatable bonds is 4. The summed E-state index contributed by atoms with van der Waals surface area (Å²) in [7, 11) is 0. The average Bonchev–Trinajstić information content (AvgIpc) is 3.41. The zero-order valence-corrected chi connectivity index (χ0v) is 19.0. The molecule has 5 rings (SSSR count). The van der Waals surface area contributed by atoms with Gasteiger partial charge in [-0.15, -0.1) is 11.3 Å². The number of ketones is 1. The van der Waals surface area contributed by atoms with E-state index in [0.29, 0.717) is 21.3 Å². The minimum Gasteiger partial charge on any atom is -0.362 e. The molecular formula is C24H17Cl2N3O2S. The molecule has 4 aromatic rings. The van der Waals surface area contributed by atoms with E-state index in [9.17, 15) is 9.59 Å². The maximum absolute atomic E-state index is 13.4. The monoisotopic (exact) mass is 481 g/mol. The third-order valence-electron chi connectivity index (χ3n) is 5.39. The Balaban J connectivity index is 1.37. The zero-order chi connectivity index (χ0) is 22.2. The molecule has 1 atom stereocenters. The van der Waals surface area contributed by atoms with Crippen LogP contribution in [0.3, 0.4) is 0 Å². The van der Waals surface area contributed by atoms with Crippen molar-refractivity contribution in [3.8, 4) is 0 Å². The number of carbonyl (C=O) groups excluding carboxylic acids is 2. The fourth-order valence-electron chi connectivity index (χ4n) is 3.76. The number of aromatic nitrogens is 1. The van der Waals surface area contributed by atoms with E-state index in [2.05, 4.69) is 21.3 Å². The average molecular weight is 482 g/mol. The van der Waals surface area contributed by atoms with E-state index in [0.717, 1.165) is 17.2 Å². The van der Waals surface area contributed by atoms with Gasteiger partial charge in [0.05, 0.1) is 22.1 Å². The summed E-state index contributed by atoms with van der Waals surface area (Å²) in [6.45, 7) is 0.731. The predicted octanol–water partition coefficient (Wildman–Crippen LogP) is 6.51. The van der Waals surface area contributed by atoms with Gasteiger partial charge in [-0.2, -0.15) is 0 Å². The van der Waals surface area contributed by atoms with E-state index < -0.39 is 6.04 Å². The van der Waals surface area contributed by atoms with Crippen LogP contribution in [0.2, 0.25) is 10.0 Å². The maximum Gasteiger partial charge on any atom is 0.257 e. The third-order valence-corrected chi connectivity index (χ3v) is 6.84. The second kappa shape index (κ2) is 8.47. The minimum absolute atomic E-state index is 0.0398. The van der Waals surface area contributed by atoms with Crippen LogP contribution < -0.4 is 10.6 Å². The Morgan fingerprint density at radius 3 is 2.69 bits per heavy atom. The molecule has 3 heterocycles. The minimum atomic E-state index is -0.490. The third kappa shape index (κ3) is 3.93. The molecule has 1 aliphatic heterocycles. The van der Waals surface area contributed by atoms with Crippen molar-refractivity contribution in [3.63, 3.8) is 0 Å². The van der Waals surface area contributed by atoms with Crippen molar-refractivity contribution in [3.05, 3.63) is 105 Å². The summed E-state index contributed by atoms with van der Waals surface area (Å²) in [5.41, 5.74) is 3.48. The lowest BCUT2D eigenvalue weighted by Gasteiger charge is -2.17. The van der Waals surface area contributed by atoms with Gasteiger partial charge < -0.3 is 15.2 Å². The highest BCUT2D eigenvalue weighted by Crippen LogP contribution is 2.34. The molecule has 0 bridgehead atoms. The van der Waals surface area contributed by atoms with E-state index in [1.807, 2.05) is 23.7 Å². The lowest BCUT2D eigenvalue weighted by atomic mass is 10.0. The number of anilines is 2. The van der Waals surface area contributed by atoms with E-state index in [-0.39, 0.29) is 17.3 Å². The summed E-state index contributed by atoms with van der Waals surface area (Å²) >= 11 is 13.7. The Kier molecular flexibility index (Phi) is 5.51. The summed E-state index contributed by atoms with van der Waals surface area (Å²) in [5, 5.41) is 9.98. The first-order valence-corrected chi connectivity index (χ1v) is 11.5. The Morgan fingerprint density at radius 1 is 1.06 bits per heavy atom. The highest BCUT2D eigenvalue weighted by molar-refractivity contribution is 7.14. The number of hydrogen-bond donors (Lipinski definition) is 2. The molecule has 8 heteroatoms. The number of halogens is 2. The van der Waals surface area contributed by atoms with E-state index >= 15 is 0 Å². The van der Waals surface area contributed by atoms with Crippen LogP contribution >= 0.6 is 34.5 Å². The lowest BCUT2D eigenvalue weighted by molar-refractivity contribution is 0.0966. The first-order valence-electron chi connectivity index (χ1n) is 9.88. The molecule has 2 N–H and O–H groups in total. The molecule has 0 aliphatic carbocycles. The Labute approximate surface area is 198 Å². The van der Waals surface area contributed by atoms with Crippen LogP contribution in [0.1, 0.15) is 38.0 Å². The molecular weight excluding hydrogens is 465 g/mol. The number of nitrogens with one attached hydrogen (secondary N) is 2. The number of hydrogen-bond acceptors (Lipinski definition) is 4. The van der Waals surface area contributed by atoms with Gasteiger partial charge >= 0.3 is 0 Å². The van der Waals surface area contributed by atoms with Crippen LogP contribution in [0.15, 0.2) is 72.2 Å². The number of benzene rings is 2. The number of amides is 1. The molecule has 1 amide bonds. The van der Waals surface area contributed by atoms with Crippen LogP contribution in [-0.4, -0.2) is 16.3 Å². The topological polar surface area (TPSA) is 63.1 Å². The Hall–Kier alpha value is -3.06. The van der Waals surface area contributed by atoms with Gasteiger partial charge in [-0.3, -0.25) is 9.59 Å². The summed E-state index contributed by atoms with van der Waals surface area (Å²) in [4.78, 5) is 25.9. The molecule has 0 fully saturated rings. The van der Waals surface area contributed by atoms with Gasteiger partial charge in [-0.1, -0.05) is 23.2 Å². The molecule has 160 valence electrons. The van der Waals surface area contributed by atoms with E-state index in [1.54, 1.807) is 47.7 Å². The van der Waals surface area contributed by atoms with Crippen LogP contribution in [0.25, 0.3) is 0 Å². The van der Waals surface area contributed by atoms with Crippen molar-refractivity contribution in [1.29, 1.82) is 0 Å². The smallest absolute Gasteiger partial charge is 0.257 e. The van der Waals surface area contributed by atoms with Crippen molar-refractivity contribution in [1.82, 2.24) is 4.57 Å². The highest BCUT2D eigenvalue weighted by atomic mass is 35.5. The summed E-state index contributed by atoms with van der Waals surface area (Å²) < 4.78 is 2.09. The highest BCUT2D eigenvalue weighted by Gasteiger charge is 2.28. The maximum atomic E-state index is 13.4. The molecule has 0 spiro atoms. The largest absolute Gasteiger partial charge is 0.362 e. The Bertz CT molecular complexity index is 1330. The molecule has 0 saturated carbocycles. The van der Waals surface area contributed by atoms with Crippen LogP contribution in [0.5, 0.6) is 0 Å². The number of Topliss-reactive ketones (excluding diaryl/α,β-unsaturated/α-hetero) is 1. The van der Waals surface area contributed by atoms with Gasteiger partial charge in [-0.05, 0) is 66.0 Å². The zero-order valence-electron chi connectivity index (χ0n) is 16.6. The second-order valence-electron chi connectivity index (χ2n) is 7.43. The van der Waals surface area contributed by atoms with Crippen LogP contribution in [-0.2, 0) is 6.54 Å². The number of thiophene rings is 1. The van der Waals surface area contributed by atoms with Crippen molar-refractivity contribution in [2.45, 2.75) is 12.6 Å². The fourth-order valence-corrected chi connectivity index (χ4v) is 4.98. The standard InChI is InChI=1S/C24H17Cl2N3O2S/c25-16-5-8-19(26)18(12-16)23(31)27-17-6-3-14(4-7-17)22(30)21-20-2-1-10-29(20)13-15-9-11-32-24(15)28-21/h1-12,21,28H,13H2,(H,27,31). The van der Waals surface area contributed by atoms with Gasteiger partial charge in [0.2, 0.25) is 0 Å². The summed E-state index contributed by atoms with van der Waals surface area (Å²) in [6.07, 6.45) is 1.99. The number of nitrogens with zero attached hydrogens (tertiary/aromatic N) is 1. The van der Waals surface area contributed by atoms with Crippen molar-refractivity contribution >= 4 is 56.9 Å².